The first kappa shape index (κ1) is 12.7. The van der Waals surface area contributed by atoms with Crippen molar-refractivity contribution in [2.75, 3.05) is 5.73 Å². The van der Waals surface area contributed by atoms with Crippen LogP contribution in [0.15, 0.2) is 53.7 Å². The zero-order chi connectivity index (χ0) is 13.9. The summed E-state index contributed by atoms with van der Waals surface area (Å²) in [5.41, 5.74) is 6.76. The van der Waals surface area contributed by atoms with E-state index in [1.54, 1.807) is 0 Å². The van der Waals surface area contributed by atoms with Crippen molar-refractivity contribution in [1.82, 2.24) is 9.97 Å². The van der Waals surface area contributed by atoms with Crippen LogP contribution in [0.5, 0.6) is 5.88 Å². The van der Waals surface area contributed by atoms with Crippen LogP contribution in [0.2, 0.25) is 0 Å². The molecule has 3 aromatic rings. The van der Waals surface area contributed by atoms with Gasteiger partial charge < -0.3 is 10.8 Å². The van der Waals surface area contributed by atoms with E-state index >= 15 is 0 Å². The summed E-state index contributed by atoms with van der Waals surface area (Å²) in [5.74, 6) is 0.908. The van der Waals surface area contributed by atoms with E-state index in [1.807, 2.05) is 12.1 Å². The van der Waals surface area contributed by atoms with E-state index in [0.717, 1.165) is 5.75 Å². The third kappa shape index (κ3) is 2.83. The Kier molecular flexibility index (Phi) is 3.43. The highest BCUT2D eigenvalue weighted by Gasteiger charge is 2.04. The lowest BCUT2D eigenvalue weighted by molar-refractivity contribution is 0.446. The molecule has 0 aliphatic rings. The zero-order valence-electron chi connectivity index (χ0n) is 10.7. The largest absolute Gasteiger partial charge is 0.493 e. The van der Waals surface area contributed by atoms with Gasteiger partial charge in [0.15, 0.2) is 5.16 Å². The molecule has 0 fully saturated rings. The van der Waals surface area contributed by atoms with E-state index in [1.165, 1.54) is 34.2 Å². The van der Waals surface area contributed by atoms with Gasteiger partial charge in [-0.25, -0.2) is 4.98 Å². The highest BCUT2D eigenvalue weighted by Crippen LogP contribution is 2.24. The highest BCUT2D eigenvalue weighted by molar-refractivity contribution is 7.98. The van der Waals surface area contributed by atoms with Crippen LogP contribution < -0.4 is 5.73 Å². The number of nitrogens with two attached hydrogens (primary N) is 1. The number of fused-ring (bicyclic) bond motifs is 1. The first-order valence-electron chi connectivity index (χ1n) is 6.15. The fraction of sp³-hybridized carbons (Fsp3) is 0.0667. The van der Waals surface area contributed by atoms with Gasteiger partial charge in [0.1, 0.15) is 5.82 Å². The quantitative estimate of drug-likeness (QED) is 0.570. The molecule has 4 nitrogen and oxygen atoms in total. The van der Waals surface area contributed by atoms with Crippen molar-refractivity contribution in [2.24, 2.45) is 0 Å². The topological polar surface area (TPSA) is 72.0 Å². The average molecular weight is 283 g/mol. The molecule has 2 aromatic carbocycles. The number of aromatic hydroxyl groups is 1. The van der Waals surface area contributed by atoms with Gasteiger partial charge in [-0.15, -0.1) is 0 Å². The minimum Gasteiger partial charge on any atom is -0.493 e. The molecular weight excluding hydrogens is 270 g/mol. The third-order valence-electron chi connectivity index (χ3n) is 2.89. The van der Waals surface area contributed by atoms with Crippen LogP contribution in [0, 0.1) is 0 Å². The normalized spacial score (nSPS) is 10.8. The summed E-state index contributed by atoms with van der Waals surface area (Å²) in [7, 11) is 0. The van der Waals surface area contributed by atoms with E-state index in [4.69, 9.17) is 5.73 Å². The van der Waals surface area contributed by atoms with Gasteiger partial charge in [0.05, 0.1) is 0 Å². The maximum atomic E-state index is 9.39. The Bertz CT molecular complexity index is 741. The molecule has 0 amide bonds. The molecule has 0 radical (unpaired) electrons. The van der Waals surface area contributed by atoms with Gasteiger partial charge in [-0.1, -0.05) is 54.2 Å². The van der Waals surface area contributed by atoms with Crippen LogP contribution in [-0.2, 0) is 5.75 Å². The van der Waals surface area contributed by atoms with E-state index < -0.39 is 0 Å². The summed E-state index contributed by atoms with van der Waals surface area (Å²) in [6.45, 7) is 0. The molecule has 3 N–H and O–H groups in total. The van der Waals surface area contributed by atoms with Crippen molar-refractivity contribution in [3.63, 3.8) is 0 Å². The van der Waals surface area contributed by atoms with Crippen molar-refractivity contribution < 1.29 is 5.11 Å². The number of rotatable bonds is 3. The Balaban J connectivity index is 1.79. The maximum absolute atomic E-state index is 9.39. The van der Waals surface area contributed by atoms with Crippen molar-refractivity contribution in [2.45, 2.75) is 10.9 Å². The molecule has 0 unspecified atom stereocenters. The number of anilines is 1. The molecule has 1 heterocycles. The molecule has 3 rings (SSSR count). The van der Waals surface area contributed by atoms with Gasteiger partial charge >= 0.3 is 0 Å². The number of hydrogen-bond donors (Lipinski definition) is 2. The molecule has 5 heteroatoms. The second-order valence-electron chi connectivity index (χ2n) is 4.40. The summed E-state index contributed by atoms with van der Waals surface area (Å²) in [4.78, 5) is 8.02. The standard InChI is InChI=1S/C15H13N3OS/c16-13-8-14(19)18-15(17-13)20-9-10-5-6-11-3-1-2-4-12(11)7-10/h1-8H,9H2,(H3,16,17,18,19). The average Bonchev–Trinajstić information content (AvgIpc) is 2.44. The molecule has 0 saturated heterocycles. The molecule has 0 aliphatic heterocycles. The van der Waals surface area contributed by atoms with Crippen LogP contribution in [0.4, 0.5) is 5.82 Å². The molecule has 0 bridgehead atoms. The Morgan fingerprint density at radius 2 is 1.80 bits per heavy atom. The van der Waals surface area contributed by atoms with Gasteiger partial charge in [0.2, 0.25) is 5.88 Å². The molecule has 100 valence electrons. The van der Waals surface area contributed by atoms with Crippen molar-refractivity contribution >= 4 is 28.4 Å². The summed E-state index contributed by atoms with van der Waals surface area (Å²) >= 11 is 1.45. The molecule has 1 aromatic heterocycles. The summed E-state index contributed by atoms with van der Waals surface area (Å²) < 4.78 is 0. The van der Waals surface area contributed by atoms with Crippen LogP contribution >= 0.6 is 11.8 Å². The number of thioether (sulfide) groups is 1. The fourth-order valence-corrected chi connectivity index (χ4v) is 2.77. The van der Waals surface area contributed by atoms with E-state index in [9.17, 15) is 5.11 Å². The number of hydrogen-bond acceptors (Lipinski definition) is 5. The number of nitrogen functional groups attached to an aromatic ring is 1. The monoisotopic (exact) mass is 283 g/mol. The molecule has 0 spiro atoms. The number of benzene rings is 2. The van der Waals surface area contributed by atoms with Gasteiger partial charge in [-0.05, 0) is 16.3 Å². The van der Waals surface area contributed by atoms with Gasteiger partial charge in [-0.3, -0.25) is 0 Å². The predicted octanol–water partition coefficient (Wildman–Crippen LogP) is 3.21. The number of nitrogens with zero attached hydrogens (tertiary/aromatic N) is 2. The molecule has 0 atom stereocenters. The number of aromatic nitrogens is 2. The SMILES string of the molecule is Nc1cc(O)nc(SCc2ccc3ccccc3c2)n1. The van der Waals surface area contributed by atoms with Crippen LogP contribution in [0.1, 0.15) is 5.56 Å². The second kappa shape index (κ2) is 5.38. The predicted molar refractivity (Wildman–Crippen MR) is 81.6 cm³/mol. The minimum atomic E-state index is -0.0986. The maximum Gasteiger partial charge on any atom is 0.216 e. The summed E-state index contributed by atoms with van der Waals surface area (Å²) in [6.07, 6.45) is 0. The Morgan fingerprint density at radius 3 is 2.60 bits per heavy atom. The molecular formula is C15H13N3OS. The first-order valence-corrected chi connectivity index (χ1v) is 7.13. The third-order valence-corrected chi connectivity index (χ3v) is 3.81. The Labute approximate surface area is 120 Å². The summed E-state index contributed by atoms with van der Waals surface area (Å²) in [5, 5.41) is 12.3. The molecule has 0 aliphatic carbocycles. The van der Waals surface area contributed by atoms with Crippen molar-refractivity contribution in [3.8, 4) is 5.88 Å². The van der Waals surface area contributed by atoms with Crippen LogP contribution in [0.3, 0.4) is 0 Å². The Morgan fingerprint density at radius 1 is 1.00 bits per heavy atom. The van der Waals surface area contributed by atoms with Gasteiger partial charge in [0.25, 0.3) is 0 Å². The van der Waals surface area contributed by atoms with Gasteiger partial charge in [0, 0.05) is 11.8 Å². The lowest BCUT2D eigenvalue weighted by Crippen LogP contribution is -1.94. The van der Waals surface area contributed by atoms with Crippen LogP contribution in [0.25, 0.3) is 10.8 Å². The minimum absolute atomic E-state index is 0.0986. The Hall–Kier alpha value is -2.27. The zero-order valence-corrected chi connectivity index (χ0v) is 11.5. The van der Waals surface area contributed by atoms with E-state index in [2.05, 4.69) is 40.3 Å². The summed E-state index contributed by atoms with van der Waals surface area (Å²) in [6, 6.07) is 15.9. The fourth-order valence-electron chi connectivity index (χ4n) is 1.97. The lowest BCUT2D eigenvalue weighted by atomic mass is 10.1. The van der Waals surface area contributed by atoms with Crippen molar-refractivity contribution in [1.29, 1.82) is 0 Å². The van der Waals surface area contributed by atoms with E-state index in [0.29, 0.717) is 5.16 Å². The smallest absolute Gasteiger partial charge is 0.216 e. The first-order chi connectivity index (χ1) is 9.70. The second-order valence-corrected chi connectivity index (χ2v) is 5.35. The van der Waals surface area contributed by atoms with Gasteiger partial charge in [-0.2, -0.15) is 4.98 Å². The van der Waals surface area contributed by atoms with Crippen molar-refractivity contribution in [3.05, 3.63) is 54.1 Å². The highest BCUT2D eigenvalue weighted by atomic mass is 32.2. The van der Waals surface area contributed by atoms with E-state index in [-0.39, 0.29) is 11.7 Å². The molecule has 20 heavy (non-hydrogen) atoms. The van der Waals surface area contributed by atoms with Crippen LogP contribution in [-0.4, -0.2) is 15.1 Å². The molecule has 0 saturated carbocycles. The lowest BCUT2D eigenvalue weighted by Gasteiger charge is -2.04.